The van der Waals surface area contributed by atoms with Crippen molar-refractivity contribution in [3.05, 3.63) is 68.8 Å². The Hall–Kier alpha value is -2.09. The van der Waals surface area contributed by atoms with Crippen molar-refractivity contribution < 1.29 is 5.21 Å². The Labute approximate surface area is 127 Å². The van der Waals surface area contributed by atoms with E-state index in [0.717, 1.165) is 11.1 Å². The van der Waals surface area contributed by atoms with Crippen molar-refractivity contribution in [2.45, 2.75) is 41.5 Å². The number of hydrogen-bond acceptors (Lipinski definition) is 2. The molecule has 0 heterocycles. The molecule has 0 spiro atoms. The molecule has 0 fully saturated rings. The molecule has 0 saturated carbocycles. The summed E-state index contributed by atoms with van der Waals surface area (Å²) in [4.78, 5) is 0. The van der Waals surface area contributed by atoms with Crippen LogP contribution in [0.3, 0.4) is 0 Å². The summed E-state index contributed by atoms with van der Waals surface area (Å²) in [6, 6.07) is 8.25. The molecule has 2 heteroatoms. The molecule has 110 valence electrons. The topological polar surface area (TPSA) is 32.6 Å². The Morgan fingerprint density at radius 1 is 0.667 bits per heavy atom. The fourth-order valence-electron chi connectivity index (χ4n) is 2.68. The first-order chi connectivity index (χ1) is 9.88. The summed E-state index contributed by atoms with van der Waals surface area (Å²) in [5, 5.41) is 13.2. The summed E-state index contributed by atoms with van der Waals surface area (Å²) in [5.74, 6) is 0. The first kappa shape index (κ1) is 15.3. The van der Waals surface area contributed by atoms with Crippen LogP contribution in [0, 0.1) is 41.5 Å². The highest BCUT2D eigenvalue weighted by molar-refractivity contribution is 6.14. The van der Waals surface area contributed by atoms with Crippen LogP contribution in [0.4, 0.5) is 0 Å². The van der Waals surface area contributed by atoms with E-state index in [0.29, 0.717) is 5.71 Å². The van der Waals surface area contributed by atoms with E-state index in [1.54, 1.807) is 0 Å². The van der Waals surface area contributed by atoms with Crippen LogP contribution >= 0.6 is 0 Å². The van der Waals surface area contributed by atoms with Gasteiger partial charge in [0.25, 0.3) is 0 Å². The van der Waals surface area contributed by atoms with Crippen molar-refractivity contribution in [1.82, 2.24) is 0 Å². The maximum atomic E-state index is 9.59. The molecule has 0 unspecified atom stereocenters. The van der Waals surface area contributed by atoms with Crippen molar-refractivity contribution in [3.63, 3.8) is 0 Å². The van der Waals surface area contributed by atoms with Gasteiger partial charge >= 0.3 is 0 Å². The summed E-state index contributed by atoms with van der Waals surface area (Å²) in [7, 11) is 0. The summed E-state index contributed by atoms with van der Waals surface area (Å²) < 4.78 is 0. The van der Waals surface area contributed by atoms with Gasteiger partial charge in [-0.25, -0.2) is 0 Å². The van der Waals surface area contributed by atoms with E-state index < -0.39 is 0 Å². The minimum absolute atomic E-state index is 0.649. The fourth-order valence-corrected chi connectivity index (χ4v) is 2.68. The number of oxime groups is 1. The lowest BCUT2D eigenvalue weighted by atomic mass is 9.89. The largest absolute Gasteiger partial charge is 0.410 e. The first-order valence-electron chi connectivity index (χ1n) is 7.24. The summed E-state index contributed by atoms with van der Waals surface area (Å²) in [5.41, 5.74) is 9.97. The van der Waals surface area contributed by atoms with Crippen molar-refractivity contribution in [3.8, 4) is 0 Å². The Kier molecular flexibility index (Phi) is 4.17. The zero-order valence-electron chi connectivity index (χ0n) is 13.7. The van der Waals surface area contributed by atoms with E-state index in [1.165, 1.54) is 33.4 Å². The summed E-state index contributed by atoms with van der Waals surface area (Å²) >= 11 is 0. The molecular formula is C19H23NO. The molecule has 21 heavy (non-hydrogen) atoms. The highest BCUT2D eigenvalue weighted by Gasteiger charge is 2.16. The smallest absolute Gasteiger partial charge is 0.117 e. The first-order valence-corrected chi connectivity index (χ1v) is 7.24. The van der Waals surface area contributed by atoms with Crippen molar-refractivity contribution in [2.24, 2.45) is 5.16 Å². The van der Waals surface area contributed by atoms with Crippen LogP contribution in [0.2, 0.25) is 0 Å². The monoisotopic (exact) mass is 281 g/mol. The van der Waals surface area contributed by atoms with Gasteiger partial charge in [-0.3, -0.25) is 0 Å². The van der Waals surface area contributed by atoms with E-state index in [1.807, 2.05) is 12.1 Å². The number of nitrogens with zero attached hydrogens (tertiary/aromatic N) is 1. The molecule has 0 radical (unpaired) electrons. The van der Waals surface area contributed by atoms with Gasteiger partial charge in [-0.2, -0.15) is 0 Å². The highest BCUT2D eigenvalue weighted by atomic mass is 16.4. The molecule has 2 aromatic rings. The molecule has 0 aliphatic heterocycles. The number of benzene rings is 2. The van der Waals surface area contributed by atoms with Gasteiger partial charge in [0.1, 0.15) is 5.71 Å². The van der Waals surface area contributed by atoms with E-state index in [9.17, 15) is 5.21 Å². The molecule has 0 atom stereocenters. The van der Waals surface area contributed by atoms with E-state index in [-0.39, 0.29) is 0 Å². The van der Waals surface area contributed by atoms with Crippen molar-refractivity contribution >= 4 is 5.71 Å². The van der Waals surface area contributed by atoms with Gasteiger partial charge in [-0.15, -0.1) is 0 Å². The number of rotatable bonds is 2. The maximum Gasteiger partial charge on any atom is 0.117 e. The van der Waals surface area contributed by atoms with Crippen LogP contribution in [0.5, 0.6) is 0 Å². The molecule has 0 amide bonds. The Morgan fingerprint density at radius 3 is 1.38 bits per heavy atom. The molecule has 0 saturated heterocycles. The van der Waals surface area contributed by atoms with Crippen LogP contribution in [0.15, 0.2) is 29.4 Å². The van der Waals surface area contributed by atoms with Gasteiger partial charge in [0, 0.05) is 11.1 Å². The molecular weight excluding hydrogens is 258 g/mol. The standard InChI is InChI=1S/C19H23NO/c1-11-7-9-17(15(5)13(11)3)19(20-21)18-10-8-12(2)14(4)16(18)6/h7-10,21H,1-6H3. The average Bonchev–Trinajstić information content (AvgIpc) is 2.47. The third-order valence-corrected chi connectivity index (χ3v) is 4.73. The molecule has 2 aromatic carbocycles. The van der Waals surface area contributed by atoms with Gasteiger partial charge in [-0.1, -0.05) is 29.4 Å². The summed E-state index contributed by atoms with van der Waals surface area (Å²) in [6.45, 7) is 12.6. The SMILES string of the molecule is Cc1ccc(C(=NO)c2ccc(C)c(C)c2C)c(C)c1C. The zero-order chi connectivity index (χ0) is 15.7. The van der Waals surface area contributed by atoms with Gasteiger partial charge in [0.2, 0.25) is 0 Å². The Balaban J connectivity index is 2.68. The van der Waals surface area contributed by atoms with E-state index in [4.69, 9.17) is 0 Å². The molecule has 1 N–H and O–H groups in total. The van der Waals surface area contributed by atoms with Crippen LogP contribution in [-0.4, -0.2) is 10.9 Å². The van der Waals surface area contributed by atoms with Gasteiger partial charge < -0.3 is 5.21 Å². The van der Waals surface area contributed by atoms with E-state index >= 15 is 0 Å². The van der Waals surface area contributed by atoms with Gasteiger partial charge in [0.05, 0.1) is 0 Å². The molecule has 0 aliphatic carbocycles. The zero-order valence-corrected chi connectivity index (χ0v) is 13.7. The maximum absolute atomic E-state index is 9.59. The molecule has 2 rings (SSSR count). The number of hydrogen-bond donors (Lipinski definition) is 1. The summed E-state index contributed by atoms with van der Waals surface area (Å²) in [6.07, 6.45) is 0. The fraction of sp³-hybridized carbons (Fsp3) is 0.316. The Morgan fingerprint density at radius 2 is 1.05 bits per heavy atom. The lowest BCUT2D eigenvalue weighted by Crippen LogP contribution is -2.10. The van der Waals surface area contributed by atoms with E-state index in [2.05, 4.69) is 58.8 Å². The van der Waals surface area contributed by atoms with Gasteiger partial charge in [0.15, 0.2) is 0 Å². The highest BCUT2D eigenvalue weighted by Crippen LogP contribution is 2.24. The van der Waals surface area contributed by atoms with Crippen molar-refractivity contribution in [1.29, 1.82) is 0 Å². The predicted molar refractivity (Wildman–Crippen MR) is 88.7 cm³/mol. The minimum Gasteiger partial charge on any atom is -0.410 e. The molecule has 0 aliphatic rings. The average molecular weight is 281 g/mol. The lowest BCUT2D eigenvalue weighted by molar-refractivity contribution is 0.319. The molecule has 0 aromatic heterocycles. The third-order valence-electron chi connectivity index (χ3n) is 4.73. The van der Waals surface area contributed by atoms with Crippen LogP contribution in [0.25, 0.3) is 0 Å². The number of aryl methyl sites for hydroxylation is 2. The van der Waals surface area contributed by atoms with Crippen LogP contribution < -0.4 is 0 Å². The second-order valence-electron chi connectivity index (χ2n) is 5.81. The molecule has 0 bridgehead atoms. The predicted octanol–water partition coefficient (Wildman–Crippen LogP) is 4.76. The second-order valence-corrected chi connectivity index (χ2v) is 5.81. The Bertz CT molecular complexity index is 667. The normalized spacial score (nSPS) is 10.6. The third kappa shape index (κ3) is 2.58. The molecule has 2 nitrogen and oxygen atoms in total. The van der Waals surface area contributed by atoms with Crippen molar-refractivity contribution in [2.75, 3.05) is 0 Å². The quantitative estimate of drug-likeness (QED) is 0.480. The minimum atomic E-state index is 0.649. The van der Waals surface area contributed by atoms with Gasteiger partial charge in [-0.05, 0) is 74.9 Å². The van der Waals surface area contributed by atoms with Crippen LogP contribution in [0.1, 0.15) is 44.5 Å². The lowest BCUT2D eigenvalue weighted by Gasteiger charge is -2.16. The second kappa shape index (κ2) is 5.72. The van der Waals surface area contributed by atoms with Crippen LogP contribution in [-0.2, 0) is 0 Å².